The van der Waals surface area contributed by atoms with Gasteiger partial charge in [0.05, 0.1) is 5.69 Å². The Morgan fingerprint density at radius 2 is 2.05 bits per heavy atom. The van der Waals surface area contributed by atoms with Gasteiger partial charge in [-0.2, -0.15) is 0 Å². The molecule has 98 valence electrons. The summed E-state index contributed by atoms with van der Waals surface area (Å²) in [5, 5.41) is 2.05. The minimum atomic E-state index is 0.451. The second-order valence-corrected chi connectivity index (χ2v) is 5.69. The predicted octanol–water partition coefficient (Wildman–Crippen LogP) is 2.76. The highest BCUT2D eigenvalue weighted by atomic mass is 32.1. The van der Waals surface area contributed by atoms with E-state index >= 15 is 0 Å². The Balaban J connectivity index is 1.71. The molecule has 0 bridgehead atoms. The van der Waals surface area contributed by atoms with Crippen LogP contribution in [-0.4, -0.2) is 15.9 Å². The fourth-order valence-corrected chi connectivity index (χ4v) is 3.08. The van der Waals surface area contributed by atoms with Crippen molar-refractivity contribution in [1.82, 2.24) is 9.38 Å². The first-order valence-corrected chi connectivity index (χ1v) is 7.38. The van der Waals surface area contributed by atoms with Gasteiger partial charge in [-0.1, -0.05) is 30.3 Å². The fraction of sp³-hybridized carbons (Fsp3) is 0.267. The molecule has 0 radical (unpaired) electrons. The van der Waals surface area contributed by atoms with Crippen LogP contribution in [0.15, 0.2) is 48.1 Å². The molecule has 2 N–H and O–H groups in total. The van der Waals surface area contributed by atoms with Crippen LogP contribution in [0.5, 0.6) is 0 Å². The van der Waals surface area contributed by atoms with Crippen LogP contribution in [0.2, 0.25) is 0 Å². The molecule has 1 unspecified atom stereocenters. The van der Waals surface area contributed by atoms with E-state index in [1.54, 1.807) is 11.3 Å². The van der Waals surface area contributed by atoms with Crippen LogP contribution >= 0.6 is 11.3 Å². The van der Waals surface area contributed by atoms with Crippen molar-refractivity contribution < 1.29 is 0 Å². The third-order valence-electron chi connectivity index (χ3n) is 3.34. The highest BCUT2D eigenvalue weighted by molar-refractivity contribution is 7.15. The van der Waals surface area contributed by atoms with Gasteiger partial charge in [0.1, 0.15) is 0 Å². The highest BCUT2D eigenvalue weighted by Crippen LogP contribution is 2.16. The van der Waals surface area contributed by atoms with E-state index in [0.717, 1.165) is 23.5 Å². The minimum absolute atomic E-state index is 0.451. The van der Waals surface area contributed by atoms with Crippen molar-refractivity contribution in [3.63, 3.8) is 0 Å². The molecule has 19 heavy (non-hydrogen) atoms. The lowest BCUT2D eigenvalue weighted by Crippen LogP contribution is -2.19. The van der Waals surface area contributed by atoms with Gasteiger partial charge in [-0.25, -0.2) is 4.98 Å². The Bertz CT molecular complexity index is 613. The van der Waals surface area contributed by atoms with Crippen LogP contribution < -0.4 is 5.73 Å². The van der Waals surface area contributed by atoms with E-state index in [2.05, 4.69) is 45.2 Å². The molecule has 0 aliphatic heterocycles. The summed E-state index contributed by atoms with van der Waals surface area (Å²) in [5.74, 6) is 0.451. The zero-order chi connectivity index (χ0) is 13.1. The van der Waals surface area contributed by atoms with Gasteiger partial charge in [0.25, 0.3) is 0 Å². The number of hydrogen-bond donors (Lipinski definition) is 1. The average Bonchev–Trinajstić information content (AvgIpc) is 3.00. The highest BCUT2D eigenvalue weighted by Gasteiger charge is 2.12. The van der Waals surface area contributed by atoms with Gasteiger partial charge in [-0.15, -0.1) is 11.3 Å². The average molecular weight is 271 g/mol. The van der Waals surface area contributed by atoms with Gasteiger partial charge < -0.3 is 5.73 Å². The van der Waals surface area contributed by atoms with Crippen LogP contribution in [0.4, 0.5) is 0 Å². The second kappa shape index (κ2) is 5.55. The van der Waals surface area contributed by atoms with Crippen molar-refractivity contribution >= 4 is 16.3 Å². The molecule has 2 aromatic heterocycles. The Morgan fingerprint density at radius 3 is 2.79 bits per heavy atom. The molecule has 3 rings (SSSR count). The summed E-state index contributed by atoms with van der Waals surface area (Å²) in [6.07, 6.45) is 6.12. The molecule has 3 nitrogen and oxygen atoms in total. The third-order valence-corrected chi connectivity index (χ3v) is 4.11. The number of nitrogens with zero attached hydrogens (tertiary/aromatic N) is 2. The molecular weight excluding hydrogens is 254 g/mol. The molecule has 1 atom stereocenters. The lowest BCUT2D eigenvalue weighted by atomic mass is 9.95. The molecule has 0 saturated heterocycles. The van der Waals surface area contributed by atoms with E-state index < -0.39 is 0 Å². The summed E-state index contributed by atoms with van der Waals surface area (Å²) < 4.78 is 2.08. The number of imidazole rings is 1. The molecule has 0 saturated carbocycles. The molecular formula is C15H17N3S. The molecule has 0 fully saturated rings. The molecule has 0 aliphatic carbocycles. The van der Waals surface area contributed by atoms with Gasteiger partial charge in [-0.3, -0.25) is 4.40 Å². The van der Waals surface area contributed by atoms with E-state index in [-0.39, 0.29) is 0 Å². The van der Waals surface area contributed by atoms with E-state index in [9.17, 15) is 0 Å². The van der Waals surface area contributed by atoms with Crippen LogP contribution in [-0.2, 0) is 12.8 Å². The van der Waals surface area contributed by atoms with Crippen molar-refractivity contribution in [2.24, 2.45) is 11.7 Å². The fourth-order valence-electron chi connectivity index (χ4n) is 2.36. The Labute approximate surface area is 116 Å². The summed E-state index contributed by atoms with van der Waals surface area (Å²) in [4.78, 5) is 5.69. The van der Waals surface area contributed by atoms with Crippen molar-refractivity contribution in [3.8, 4) is 0 Å². The number of nitrogens with two attached hydrogens (primary N) is 1. The van der Waals surface area contributed by atoms with Gasteiger partial charge >= 0.3 is 0 Å². The van der Waals surface area contributed by atoms with Crippen molar-refractivity contribution in [2.45, 2.75) is 12.8 Å². The molecule has 0 spiro atoms. The first kappa shape index (κ1) is 12.4. The number of fused-ring (bicyclic) bond motifs is 1. The number of thiazole rings is 1. The Morgan fingerprint density at radius 1 is 1.21 bits per heavy atom. The van der Waals surface area contributed by atoms with E-state index in [1.807, 2.05) is 12.3 Å². The smallest absolute Gasteiger partial charge is 0.193 e. The van der Waals surface area contributed by atoms with Gasteiger partial charge in [0.15, 0.2) is 4.96 Å². The van der Waals surface area contributed by atoms with Crippen molar-refractivity contribution in [3.05, 3.63) is 59.4 Å². The lowest BCUT2D eigenvalue weighted by molar-refractivity contribution is 0.528. The Kier molecular flexibility index (Phi) is 3.62. The van der Waals surface area contributed by atoms with Crippen LogP contribution in [0.3, 0.4) is 0 Å². The summed E-state index contributed by atoms with van der Waals surface area (Å²) in [7, 11) is 0. The zero-order valence-electron chi connectivity index (χ0n) is 10.7. The van der Waals surface area contributed by atoms with E-state index in [4.69, 9.17) is 5.73 Å². The quantitative estimate of drug-likeness (QED) is 0.775. The number of hydrogen-bond acceptors (Lipinski definition) is 3. The van der Waals surface area contributed by atoms with Gasteiger partial charge in [0.2, 0.25) is 0 Å². The SMILES string of the molecule is NCC(Cc1ccccc1)Cc1cn2ccsc2n1. The standard InChI is InChI=1S/C15H17N3S/c16-10-13(8-12-4-2-1-3-5-12)9-14-11-18-6-7-19-15(18)17-14/h1-7,11,13H,8-10,16H2. The minimum Gasteiger partial charge on any atom is -0.330 e. The van der Waals surface area contributed by atoms with Crippen LogP contribution in [0.25, 0.3) is 4.96 Å². The second-order valence-electron chi connectivity index (χ2n) is 4.82. The monoisotopic (exact) mass is 271 g/mol. The van der Waals surface area contributed by atoms with Crippen molar-refractivity contribution in [2.75, 3.05) is 6.54 Å². The van der Waals surface area contributed by atoms with Crippen LogP contribution in [0.1, 0.15) is 11.3 Å². The van der Waals surface area contributed by atoms with Crippen molar-refractivity contribution in [1.29, 1.82) is 0 Å². The molecule has 0 amide bonds. The molecule has 4 heteroatoms. The number of rotatable bonds is 5. The first-order valence-electron chi connectivity index (χ1n) is 6.50. The zero-order valence-corrected chi connectivity index (χ0v) is 11.5. The summed E-state index contributed by atoms with van der Waals surface area (Å²) in [5.41, 5.74) is 8.39. The summed E-state index contributed by atoms with van der Waals surface area (Å²) in [6.45, 7) is 0.695. The normalized spacial score (nSPS) is 12.9. The number of benzene rings is 1. The maximum atomic E-state index is 5.91. The van der Waals surface area contributed by atoms with E-state index in [0.29, 0.717) is 12.5 Å². The summed E-state index contributed by atoms with van der Waals surface area (Å²) in [6, 6.07) is 10.5. The Hall–Kier alpha value is -1.65. The molecule has 2 heterocycles. The molecule has 1 aromatic carbocycles. The third kappa shape index (κ3) is 2.85. The van der Waals surface area contributed by atoms with Gasteiger partial charge in [0, 0.05) is 17.8 Å². The first-order chi connectivity index (χ1) is 9.35. The maximum Gasteiger partial charge on any atom is 0.193 e. The molecule has 0 aliphatic rings. The number of aromatic nitrogens is 2. The largest absolute Gasteiger partial charge is 0.330 e. The topological polar surface area (TPSA) is 43.3 Å². The van der Waals surface area contributed by atoms with E-state index in [1.165, 1.54) is 5.56 Å². The maximum absolute atomic E-state index is 5.91. The lowest BCUT2D eigenvalue weighted by Gasteiger charge is -2.13. The summed E-state index contributed by atoms with van der Waals surface area (Å²) >= 11 is 1.67. The van der Waals surface area contributed by atoms with Crippen LogP contribution in [0, 0.1) is 5.92 Å². The predicted molar refractivity (Wildman–Crippen MR) is 79.5 cm³/mol. The van der Waals surface area contributed by atoms with Gasteiger partial charge in [-0.05, 0) is 30.9 Å². The molecule has 3 aromatic rings.